The smallest absolute Gasteiger partial charge is 0.214 e. The quantitative estimate of drug-likeness (QED) is 0.642. The fourth-order valence-electron chi connectivity index (χ4n) is 2.78. The van der Waals surface area contributed by atoms with Crippen LogP contribution in [0, 0.1) is 13.8 Å². The molecule has 1 aliphatic rings. The maximum absolute atomic E-state index is 5.58. The van der Waals surface area contributed by atoms with E-state index in [0.29, 0.717) is 18.5 Å². The maximum Gasteiger partial charge on any atom is 0.214 e. The average molecular weight is 307 g/mol. The standard InChI is InChI=1S/C16H29N5O/c1-5-8-21-9-6-14(7-10-21)20-16(17-4)18-11-15-19-12(2)13(3)22-15/h14H,5-11H2,1-4H3,(H2,17,18,20). The van der Waals surface area contributed by atoms with Crippen molar-refractivity contribution in [2.45, 2.75) is 52.6 Å². The van der Waals surface area contributed by atoms with Gasteiger partial charge in [-0.25, -0.2) is 4.98 Å². The fraction of sp³-hybridized carbons (Fsp3) is 0.750. The van der Waals surface area contributed by atoms with Crippen LogP contribution in [0.2, 0.25) is 0 Å². The molecule has 2 heterocycles. The summed E-state index contributed by atoms with van der Waals surface area (Å²) in [7, 11) is 1.80. The topological polar surface area (TPSA) is 65.7 Å². The van der Waals surface area contributed by atoms with E-state index < -0.39 is 0 Å². The third-order valence-electron chi connectivity index (χ3n) is 4.17. The SMILES string of the molecule is CCCN1CCC(NC(=NC)NCc2nc(C)c(C)o2)CC1. The van der Waals surface area contributed by atoms with Crippen LogP contribution in [-0.4, -0.2) is 48.6 Å². The molecule has 1 aromatic rings. The predicted octanol–water partition coefficient (Wildman–Crippen LogP) is 1.83. The first-order chi connectivity index (χ1) is 10.6. The number of aromatic nitrogens is 1. The minimum Gasteiger partial charge on any atom is -0.444 e. The summed E-state index contributed by atoms with van der Waals surface area (Å²) in [4.78, 5) is 11.2. The van der Waals surface area contributed by atoms with Gasteiger partial charge in [0.15, 0.2) is 5.96 Å². The van der Waals surface area contributed by atoms with Gasteiger partial charge in [-0.3, -0.25) is 4.99 Å². The van der Waals surface area contributed by atoms with Crippen LogP contribution < -0.4 is 10.6 Å². The van der Waals surface area contributed by atoms with Gasteiger partial charge < -0.3 is 20.0 Å². The summed E-state index contributed by atoms with van der Waals surface area (Å²) in [6.07, 6.45) is 3.56. The number of likely N-dealkylation sites (tertiary alicyclic amines) is 1. The van der Waals surface area contributed by atoms with Crippen LogP contribution in [0.4, 0.5) is 0 Å². The highest BCUT2D eigenvalue weighted by atomic mass is 16.4. The molecule has 124 valence electrons. The first kappa shape index (κ1) is 16.8. The summed E-state index contributed by atoms with van der Waals surface area (Å²) < 4.78 is 5.58. The molecular formula is C16H29N5O. The van der Waals surface area contributed by atoms with Crippen LogP contribution in [-0.2, 0) is 6.54 Å². The number of piperidine rings is 1. The number of nitrogens with one attached hydrogen (secondary N) is 2. The Morgan fingerprint density at radius 3 is 2.64 bits per heavy atom. The molecule has 2 rings (SSSR count). The van der Waals surface area contributed by atoms with Gasteiger partial charge in [0.2, 0.25) is 5.89 Å². The minimum atomic E-state index is 0.493. The van der Waals surface area contributed by atoms with Gasteiger partial charge >= 0.3 is 0 Å². The Bertz CT molecular complexity index is 469. The summed E-state index contributed by atoms with van der Waals surface area (Å²) in [5.41, 5.74) is 0.947. The summed E-state index contributed by atoms with van der Waals surface area (Å²) in [6.45, 7) is 10.2. The van der Waals surface area contributed by atoms with Crippen molar-refractivity contribution < 1.29 is 4.42 Å². The number of aliphatic imine (C=N–C) groups is 1. The second-order valence-electron chi connectivity index (χ2n) is 5.94. The van der Waals surface area contributed by atoms with E-state index in [0.717, 1.165) is 30.3 Å². The van der Waals surface area contributed by atoms with E-state index in [9.17, 15) is 0 Å². The summed E-state index contributed by atoms with van der Waals surface area (Å²) >= 11 is 0. The molecule has 0 aromatic carbocycles. The highest BCUT2D eigenvalue weighted by Crippen LogP contribution is 2.11. The molecule has 1 fully saturated rings. The summed E-state index contributed by atoms with van der Waals surface area (Å²) in [5.74, 6) is 2.40. The highest BCUT2D eigenvalue weighted by molar-refractivity contribution is 5.79. The Morgan fingerprint density at radius 2 is 2.09 bits per heavy atom. The lowest BCUT2D eigenvalue weighted by atomic mass is 10.1. The Balaban J connectivity index is 1.76. The average Bonchev–Trinajstić information content (AvgIpc) is 2.84. The number of hydrogen-bond donors (Lipinski definition) is 2. The van der Waals surface area contributed by atoms with Gasteiger partial charge in [-0.05, 0) is 39.7 Å². The van der Waals surface area contributed by atoms with Crippen molar-refractivity contribution in [2.24, 2.45) is 4.99 Å². The van der Waals surface area contributed by atoms with Crippen LogP contribution >= 0.6 is 0 Å². The van der Waals surface area contributed by atoms with E-state index in [2.05, 4.69) is 32.4 Å². The van der Waals surface area contributed by atoms with Crippen LogP contribution in [0.1, 0.15) is 43.5 Å². The van der Waals surface area contributed by atoms with Crippen molar-refractivity contribution in [2.75, 3.05) is 26.7 Å². The number of aryl methyl sites for hydroxylation is 2. The first-order valence-electron chi connectivity index (χ1n) is 8.24. The molecule has 0 bridgehead atoms. The second kappa shape index (κ2) is 8.17. The molecule has 0 atom stereocenters. The molecule has 0 saturated carbocycles. The van der Waals surface area contributed by atoms with Crippen LogP contribution in [0.15, 0.2) is 9.41 Å². The second-order valence-corrected chi connectivity index (χ2v) is 5.94. The molecule has 6 heteroatoms. The summed E-state index contributed by atoms with van der Waals surface area (Å²) in [6, 6.07) is 0.493. The normalized spacial score (nSPS) is 17.7. The molecule has 0 radical (unpaired) electrons. The van der Waals surface area contributed by atoms with Crippen molar-refractivity contribution >= 4 is 5.96 Å². The van der Waals surface area contributed by atoms with Crippen molar-refractivity contribution in [3.63, 3.8) is 0 Å². The lowest BCUT2D eigenvalue weighted by Gasteiger charge is -2.32. The molecule has 1 aromatic heterocycles. The fourth-order valence-corrected chi connectivity index (χ4v) is 2.78. The van der Waals surface area contributed by atoms with Crippen LogP contribution in [0.3, 0.4) is 0 Å². The van der Waals surface area contributed by atoms with Gasteiger partial charge in [0.1, 0.15) is 5.76 Å². The Kier molecular flexibility index (Phi) is 6.24. The lowest BCUT2D eigenvalue weighted by Crippen LogP contribution is -2.48. The molecule has 2 N–H and O–H groups in total. The van der Waals surface area contributed by atoms with Gasteiger partial charge in [-0.1, -0.05) is 6.92 Å². The van der Waals surface area contributed by atoms with E-state index in [1.165, 1.54) is 26.1 Å². The molecule has 1 saturated heterocycles. The number of oxazole rings is 1. The Hall–Kier alpha value is -1.56. The zero-order chi connectivity index (χ0) is 15.9. The summed E-state index contributed by atoms with van der Waals surface area (Å²) in [5, 5.41) is 6.78. The van der Waals surface area contributed by atoms with Gasteiger partial charge in [-0.15, -0.1) is 0 Å². The molecule has 0 aliphatic carbocycles. The molecule has 22 heavy (non-hydrogen) atoms. The van der Waals surface area contributed by atoms with Crippen molar-refractivity contribution in [3.8, 4) is 0 Å². The van der Waals surface area contributed by atoms with Crippen molar-refractivity contribution in [1.29, 1.82) is 0 Å². The third kappa shape index (κ3) is 4.73. The molecule has 0 amide bonds. The number of rotatable bonds is 5. The maximum atomic E-state index is 5.58. The number of nitrogens with zero attached hydrogens (tertiary/aromatic N) is 3. The minimum absolute atomic E-state index is 0.493. The van der Waals surface area contributed by atoms with Gasteiger partial charge in [0.25, 0.3) is 0 Å². The lowest BCUT2D eigenvalue weighted by molar-refractivity contribution is 0.206. The van der Waals surface area contributed by atoms with Crippen molar-refractivity contribution in [3.05, 3.63) is 17.3 Å². The van der Waals surface area contributed by atoms with E-state index in [1.807, 2.05) is 13.8 Å². The van der Waals surface area contributed by atoms with Gasteiger partial charge in [-0.2, -0.15) is 0 Å². The van der Waals surface area contributed by atoms with E-state index in [1.54, 1.807) is 7.05 Å². The molecule has 0 unspecified atom stereocenters. The molecule has 1 aliphatic heterocycles. The van der Waals surface area contributed by atoms with E-state index >= 15 is 0 Å². The van der Waals surface area contributed by atoms with Crippen LogP contribution in [0.5, 0.6) is 0 Å². The zero-order valence-corrected chi connectivity index (χ0v) is 14.3. The third-order valence-corrected chi connectivity index (χ3v) is 4.17. The Morgan fingerprint density at radius 1 is 1.36 bits per heavy atom. The first-order valence-corrected chi connectivity index (χ1v) is 8.24. The van der Waals surface area contributed by atoms with E-state index in [-0.39, 0.29) is 0 Å². The van der Waals surface area contributed by atoms with Crippen molar-refractivity contribution in [1.82, 2.24) is 20.5 Å². The monoisotopic (exact) mass is 307 g/mol. The highest BCUT2D eigenvalue weighted by Gasteiger charge is 2.19. The van der Waals surface area contributed by atoms with Gasteiger partial charge in [0.05, 0.1) is 12.2 Å². The Labute approximate surface area is 133 Å². The number of hydrogen-bond acceptors (Lipinski definition) is 4. The molecule has 0 spiro atoms. The van der Waals surface area contributed by atoms with Gasteiger partial charge in [0, 0.05) is 26.2 Å². The van der Waals surface area contributed by atoms with E-state index in [4.69, 9.17) is 4.42 Å². The largest absolute Gasteiger partial charge is 0.444 e. The predicted molar refractivity (Wildman–Crippen MR) is 89.1 cm³/mol. The molecular weight excluding hydrogens is 278 g/mol. The van der Waals surface area contributed by atoms with Crippen LogP contribution in [0.25, 0.3) is 0 Å². The molecule has 6 nitrogen and oxygen atoms in total. The number of guanidine groups is 1. The zero-order valence-electron chi connectivity index (χ0n) is 14.3.